The van der Waals surface area contributed by atoms with E-state index in [1.165, 1.54) is 12.1 Å². The quantitative estimate of drug-likeness (QED) is 0.467. The maximum Gasteiger partial charge on any atom is 0.316 e. The highest BCUT2D eigenvalue weighted by Crippen LogP contribution is 2.22. The van der Waals surface area contributed by atoms with Gasteiger partial charge in [-0.15, -0.1) is 5.10 Å². The molecule has 0 radical (unpaired) electrons. The predicted octanol–water partition coefficient (Wildman–Crippen LogP) is 1.13. The number of hydrogen-bond acceptors (Lipinski definition) is 5. The molecule has 2 rings (SSSR count). The molecule has 0 aliphatic carbocycles. The normalized spacial score (nSPS) is 10.3. The molecule has 1 heterocycles. The van der Waals surface area contributed by atoms with Gasteiger partial charge in [0.25, 0.3) is 5.58 Å². The topological polar surface area (TPSA) is 82.1 Å². The summed E-state index contributed by atoms with van der Waals surface area (Å²) < 4.78 is 4.61. The Bertz CT molecular complexity index is 436. The Morgan fingerprint density at radius 2 is 2.33 bits per heavy atom. The van der Waals surface area contributed by atoms with Gasteiger partial charge in [-0.1, -0.05) is 6.07 Å². The molecule has 0 amide bonds. The number of benzene rings is 1. The van der Waals surface area contributed by atoms with E-state index in [0.717, 1.165) is 0 Å². The molecule has 0 N–H and O–H groups in total. The fourth-order valence-electron chi connectivity index (χ4n) is 0.934. The zero-order valence-corrected chi connectivity index (χ0v) is 5.80. The molecule has 0 aliphatic rings. The number of nitro benzene ring substituents is 1. The first-order valence-corrected chi connectivity index (χ1v) is 3.14. The number of fused-ring (bicyclic) bond motifs is 1. The molecule has 0 bridgehead atoms. The van der Waals surface area contributed by atoms with Gasteiger partial charge in [0.05, 0.1) is 4.92 Å². The third-order valence-corrected chi connectivity index (χ3v) is 1.45. The molecule has 6 heteroatoms. The Labute approximate surface area is 65.9 Å². The average Bonchev–Trinajstić information content (AvgIpc) is 2.49. The minimum atomic E-state index is -0.533. The maximum absolute atomic E-state index is 10.4. The molecule has 6 nitrogen and oxygen atoms in total. The van der Waals surface area contributed by atoms with Gasteiger partial charge in [-0.2, -0.15) is 0 Å². The minimum Gasteiger partial charge on any atom is -0.329 e. The number of hydrogen-bond donors (Lipinski definition) is 0. The Hall–Kier alpha value is -1.98. The lowest BCUT2D eigenvalue weighted by Gasteiger charge is -1.87. The Kier molecular flexibility index (Phi) is 1.26. The van der Waals surface area contributed by atoms with Crippen molar-refractivity contribution in [2.24, 2.45) is 0 Å². The van der Waals surface area contributed by atoms with Crippen LogP contribution in [0.3, 0.4) is 0 Å². The van der Waals surface area contributed by atoms with Gasteiger partial charge in [0.1, 0.15) is 5.52 Å². The SMILES string of the molecule is O=[N+]([O-])c1cccc2nnoc12. The number of rotatable bonds is 1. The van der Waals surface area contributed by atoms with E-state index in [1.54, 1.807) is 6.07 Å². The van der Waals surface area contributed by atoms with Crippen LogP contribution in [-0.2, 0) is 0 Å². The number of aromatic nitrogens is 2. The fraction of sp³-hybridized carbons (Fsp3) is 0. The van der Waals surface area contributed by atoms with Crippen molar-refractivity contribution in [3.05, 3.63) is 28.3 Å². The van der Waals surface area contributed by atoms with Crippen LogP contribution in [0.4, 0.5) is 5.69 Å². The van der Waals surface area contributed by atoms with Crippen molar-refractivity contribution in [2.75, 3.05) is 0 Å². The highest BCUT2D eigenvalue weighted by atomic mass is 16.6. The molecule has 1 aromatic heterocycles. The van der Waals surface area contributed by atoms with Crippen molar-refractivity contribution >= 4 is 16.8 Å². The van der Waals surface area contributed by atoms with Crippen molar-refractivity contribution in [3.8, 4) is 0 Å². The van der Waals surface area contributed by atoms with Crippen LogP contribution in [0.1, 0.15) is 0 Å². The highest BCUT2D eigenvalue weighted by Gasteiger charge is 2.15. The van der Waals surface area contributed by atoms with Gasteiger partial charge >= 0.3 is 5.69 Å². The molecule has 1 aromatic carbocycles. The van der Waals surface area contributed by atoms with Gasteiger partial charge in [-0.25, -0.2) is 0 Å². The van der Waals surface area contributed by atoms with Crippen molar-refractivity contribution < 1.29 is 9.45 Å². The number of nitro groups is 1. The van der Waals surface area contributed by atoms with Gasteiger partial charge in [0.2, 0.25) is 0 Å². The fourth-order valence-corrected chi connectivity index (χ4v) is 0.934. The lowest BCUT2D eigenvalue weighted by molar-refractivity contribution is -0.383. The third-order valence-electron chi connectivity index (χ3n) is 1.45. The zero-order valence-electron chi connectivity index (χ0n) is 5.80. The van der Waals surface area contributed by atoms with Gasteiger partial charge < -0.3 is 4.52 Å². The summed E-state index contributed by atoms with van der Waals surface area (Å²) in [7, 11) is 0. The van der Waals surface area contributed by atoms with Crippen molar-refractivity contribution in [1.29, 1.82) is 0 Å². The largest absolute Gasteiger partial charge is 0.329 e. The second-order valence-corrected chi connectivity index (χ2v) is 2.16. The van der Waals surface area contributed by atoms with Crippen LogP contribution in [0.15, 0.2) is 22.7 Å². The van der Waals surface area contributed by atoms with E-state index in [-0.39, 0.29) is 11.3 Å². The first-order valence-electron chi connectivity index (χ1n) is 3.14. The van der Waals surface area contributed by atoms with E-state index in [0.29, 0.717) is 5.52 Å². The smallest absolute Gasteiger partial charge is 0.316 e. The molecule has 0 unspecified atom stereocenters. The van der Waals surface area contributed by atoms with Crippen LogP contribution < -0.4 is 0 Å². The van der Waals surface area contributed by atoms with E-state index in [4.69, 9.17) is 0 Å². The molecule has 0 saturated carbocycles. The Morgan fingerprint density at radius 3 is 3.08 bits per heavy atom. The monoisotopic (exact) mass is 165 g/mol. The summed E-state index contributed by atoms with van der Waals surface area (Å²) in [4.78, 5) is 9.87. The third kappa shape index (κ3) is 0.815. The van der Waals surface area contributed by atoms with E-state index in [9.17, 15) is 10.1 Å². The van der Waals surface area contributed by atoms with Crippen molar-refractivity contribution in [2.45, 2.75) is 0 Å². The van der Waals surface area contributed by atoms with Crippen molar-refractivity contribution in [3.63, 3.8) is 0 Å². The molecule has 0 spiro atoms. The summed E-state index contributed by atoms with van der Waals surface area (Å²) in [5.41, 5.74) is 0.393. The second kappa shape index (κ2) is 2.26. The number of nitrogens with zero attached hydrogens (tertiary/aromatic N) is 3. The summed E-state index contributed by atoms with van der Waals surface area (Å²) in [6.07, 6.45) is 0. The summed E-state index contributed by atoms with van der Waals surface area (Å²) >= 11 is 0. The van der Waals surface area contributed by atoms with Gasteiger partial charge in [-0.05, 0) is 6.07 Å². The van der Waals surface area contributed by atoms with Crippen molar-refractivity contribution in [1.82, 2.24) is 10.4 Å². The Morgan fingerprint density at radius 1 is 1.50 bits per heavy atom. The number of non-ortho nitro benzene ring substituents is 1. The molecule has 12 heavy (non-hydrogen) atoms. The summed E-state index contributed by atoms with van der Waals surface area (Å²) in [5, 5.41) is 17.2. The standard InChI is InChI=1S/C6H3N3O3/c10-9(11)5-3-1-2-4-6(5)12-8-7-4/h1-3H. The first kappa shape index (κ1) is 6.71. The molecule has 0 aliphatic heterocycles. The summed E-state index contributed by atoms with van der Waals surface area (Å²) in [6.45, 7) is 0. The second-order valence-electron chi connectivity index (χ2n) is 2.16. The predicted molar refractivity (Wildman–Crippen MR) is 38.5 cm³/mol. The Balaban J connectivity index is 2.82. The number of para-hydroxylation sites is 1. The van der Waals surface area contributed by atoms with Crippen LogP contribution in [-0.4, -0.2) is 15.3 Å². The molecule has 0 fully saturated rings. The molecular weight excluding hydrogens is 162 g/mol. The van der Waals surface area contributed by atoms with Gasteiger partial charge in [0.15, 0.2) is 0 Å². The average molecular weight is 165 g/mol. The van der Waals surface area contributed by atoms with Gasteiger partial charge in [-0.3, -0.25) is 10.1 Å². The maximum atomic E-state index is 10.4. The highest BCUT2D eigenvalue weighted by molar-refractivity contribution is 5.81. The van der Waals surface area contributed by atoms with Crippen LogP contribution in [0.25, 0.3) is 11.1 Å². The lowest BCUT2D eigenvalue weighted by Crippen LogP contribution is -1.87. The molecule has 60 valence electrons. The van der Waals surface area contributed by atoms with Crippen LogP contribution in [0, 0.1) is 10.1 Å². The molecule has 2 aromatic rings. The van der Waals surface area contributed by atoms with Crippen LogP contribution in [0.2, 0.25) is 0 Å². The summed E-state index contributed by atoms with van der Waals surface area (Å²) in [5.74, 6) is 0. The van der Waals surface area contributed by atoms with E-state index in [1.807, 2.05) is 0 Å². The molecule has 0 saturated heterocycles. The lowest BCUT2D eigenvalue weighted by atomic mass is 10.3. The first-order chi connectivity index (χ1) is 5.79. The van der Waals surface area contributed by atoms with Crippen LogP contribution in [0.5, 0.6) is 0 Å². The van der Waals surface area contributed by atoms with E-state index < -0.39 is 4.92 Å². The zero-order chi connectivity index (χ0) is 8.55. The van der Waals surface area contributed by atoms with E-state index in [2.05, 4.69) is 14.9 Å². The molecular formula is C6H3N3O3. The molecule has 0 atom stereocenters. The minimum absolute atomic E-state index is 0.113. The van der Waals surface area contributed by atoms with Crippen LogP contribution >= 0.6 is 0 Å². The van der Waals surface area contributed by atoms with Gasteiger partial charge in [0, 0.05) is 11.3 Å². The van der Waals surface area contributed by atoms with E-state index >= 15 is 0 Å². The summed E-state index contributed by atoms with van der Waals surface area (Å²) in [6, 6.07) is 4.47.